The van der Waals surface area contributed by atoms with Crippen LogP contribution in [0.1, 0.15) is 19.4 Å². The molecular formula is C22H20O3. The van der Waals surface area contributed by atoms with Crippen molar-refractivity contribution in [2.75, 3.05) is 0 Å². The molecule has 2 aliphatic rings. The number of phenols is 1. The summed E-state index contributed by atoms with van der Waals surface area (Å²) in [6, 6.07) is 18.0. The number of rotatable bonds is 1. The topological polar surface area (TPSA) is 50.4 Å². The van der Waals surface area contributed by atoms with Gasteiger partial charge in [0, 0.05) is 28.6 Å². The minimum Gasteiger partial charge on any atom is -0.508 e. The van der Waals surface area contributed by atoms with Gasteiger partial charge in [-0.2, -0.15) is 0 Å². The lowest BCUT2D eigenvalue weighted by atomic mass is 9.91. The van der Waals surface area contributed by atoms with Gasteiger partial charge in [-0.3, -0.25) is 4.79 Å². The van der Waals surface area contributed by atoms with E-state index in [1.54, 1.807) is 24.3 Å². The molecule has 0 radical (unpaired) electrons. The molecule has 2 aromatic carbocycles. The minimum absolute atomic E-state index is 0.100. The van der Waals surface area contributed by atoms with Crippen LogP contribution < -0.4 is 5.43 Å². The highest BCUT2D eigenvalue weighted by atomic mass is 16.3. The Kier molecular flexibility index (Phi) is 4.57. The predicted octanol–water partition coefficient (Wildman–Crippen LogP) is 5.61. The molecule has 1 heterocycles. The molecule has 0 aromatic heterocycles. The first kappa shape index (κ1) is 16.8. The molecule has 0 unspecified atom stereocenters. The van der Waals surface area contributed by atoms with Gasteiger partial charge >= 0.3 is 0 Å². The summed E-state index contributed by atoms with van der Waals surface area (Å²) < 4.78 is 5.85. The van der Waals surface area contributed by atoms with E-state index in [1.807, 2.05) is 32.0 Å². The van der Waals surface area contributed by atoms with Gasteiger partial charge in [0.15, 0.2) is 5.43 Å². The summed E-state index contributed by atoms with van der Waals surface area (Å²) in [4.78, 5) is 11.7. The first-order valence-electron chi connectivity index (χ1n) is 8.39. The summed E-state index contributed by atoms with van der Waals surface area (Å²) >= 11 is 0. The van der Waals surface area contributed by atoms with Crippen LogP contribution in [-0.4, -0.2) is 5.11 Å². The second kappa shape index (κ2) is 6.81. The summed E-state index contributed by atoms with van der Waals surface area (Å²) in [7, 11) is 0. The van der Waals surface area contributed by atoms with Gasteiger partial charge in [0.1, 0.15) is 17.1 Å². The molecule has 4 rings (SSSR count). The third-order valence-electron chi connectivity index (χ3n) is 4.09. The Bertz CT molecular complexity index is 1060. The Morgan fingerprint density at radius 2 is 1.64 bits per heavy atom. The Hall–Kier alpha value is -3.07. The van der Waals surface area contributed by atoms with Crippen molar-refractivity contribution in [2.24, 2.45) is 0 Å². The number of aromatic hydroxyl groups is 1. The smallest absolute Gasteiger partial charge is 0.182 e. The SMILES string of the molecule is CC.Cc1ccccc1-c1c2ccc(=O)cc-2oc2cc(O)ccc12. The molecule has 2 aromatic rings. The van der Waals surface area contributed by atoms with Gasteiger partial charge in [0.05, 0.1) is 0 Å². The lowest BCUT2D eigenvalue weighted by Crippen LogP contribution is -2.00. The summed E-state index contributed by atoms with van der Waals surface area (Å²) in [5.74, 6) is 0.656. The average Bonchev–Trinajstić information content (AvgIpc) is 2.62. The molecule has 0 saturated carbocycles. The maximum absolute atomic E-state index is 11.7. The summed E-state index contributed by atoms with van der Waals surface area (Å²) in [5, 5.41) is 10.7. The van der Waals surface area contributed by atoms with Crippen LogP contribution in [0.2, 0.25) is 0 Å². The lowest BCUT2D eigenvalue weighted by Gasteiger charge is -2.16. The highest BCUT2D eigenvalue weighted by Crippen LogP contribution is 2.41. The monoisotopic (exact) mass is 332 g/mol. The van der Waals surface area contributed by atoms with Gasteiger partial charge < -0.3 is 9.52 Å². The van der Waals surface area contributed by atoms with E-state index in [-0.39, 0.29) is 11.2 Å². The van der Waals surface area contributed by atoms with E-state index in [4.69, 9.17) is 4.42 Å². The molecule has 126 valence electrons. The molecule has 25 heavy (non-hydrogen) atoms. The fourth-order valence-electron chi connectivity index (χ4n) is 3.00. The molecule has 0 atom stereocenters. The van der Waals surface area contributed by atoms with Crippen LogP contribution in [0.25, 0.3) is 33.4 Å². The van der Waals surface area contributed by atoms with Crippen molar-refractivity contribution in [3.05, 3.63) is 76.5 Å². The normalized spacial score (nSPS) is 10.5. The van der Waals surface area contributed by atoms with Gasteiger partial charge in [-0.25, -0.2) is 0 Å². The molecule has 0 spiro atoms. The van der Waals surface area contributed by atoms with E-state index in [0.29, 0.717) is 11.3 Å². The zero-order valence-electron chi connectivity index (χ0n) is 14.5. The Labute approximate surface area is 146 Å². The van der Waals surface area contributed by atoms with Crippen LogP contribution in [0, 0.1) is 6.92 Å². The number of aryl methyl sites for hydroxylation is 1. The summed E-state index contributed by atoms with van der Waals surface area (Å²) in [5.41, 5.74) is 4.58. The Morgan fingerprint density at radius 3 is 2.40 bits per heavy atom. The van der Waals surface area contributed by atoms with Gasteiger partial charge in [0.2, 0.25) is 0 Å². The van der Waals surface area contributed by atoms with Crippen molar-refractivity contribution >= 4 is 11.0 Å². The van der Waals surface area contributed by atoms with Crippen LogP contribution >= 0.6 is 0 Å². The van der Waals surface area contributed by atoms with E-state index in [2.05, 4.69) is 19.1 Å². The van der Waals surface area contributed by atoms with Crippen molar-refractivity contribution in [3.8, 4) is 28.2 Å². The van der Waals surface area contributed by atoms with Crippen molar-refractivity contribution in [1.29, 1.82) is 0 Å². The molecule has 1 N–H and O–H groups in total. The van der Waals surface area contributed by atoms with E-state index >= 15 is 0 Å². The quantitative estimate of drug-likeness (QED) is 0.461. The number of phenolic OH excluding ortho intramolecular Hbond substituents is 1. The van der Waals surface area contributed by atoms with Crippen LogP contribution in [0.4, 0.5) is 0 Å². The zero-order valence-corrected chi connectivity index (χ0v) is 14.5. The van der Waals surface area contributed by atoms with E-state index in [9.17, 15) is 9.90 Å². The maximum atomic E-state index is 11.7. The zero-order chi connectivity index (χ0) is 18.0. The van der Waals surface area contributed by atoms with Crippen molar-refractivity contribution < 1.29 is 9.52 Å². The van der Waals surface area contributed by atoms with Crippen molar-refractivity contribution in [2.45, 2.75) is 20.8 Å². The number of hydrogen-bond donors (Lipinski definition) is 1. The first-order valence-corrected chi connectivity index (χ1v) is 8.39. The standard InChI is InChI=1S/C20H14O3.C2H6/c1-12-4-2-3-5-15(12)20-16-8-6-13(21)10-18(16)23-19-11-14(22)7-9-17(19)20;1-2/h2-11,21H,1H3;1-2H3. The Balaban J connectivity index is 0.000000880. The number of benzene rings is 3. The lowest BCUT2D eigenvalue weighted by molar-refractivity contribution is 0.474. The average molecular weight is 332 g/mol. The highest BCUT2D eigenvalue weighted by molar-refractivity contribution is 6.02. The third-order valence-corrected chi connectivity index (χ3v) is 4.09. The van der Waals surface area contributed by atoms with Crippen LogP contribution in [-0.2, 0) is 0 Å². The predicted molar refractivity (Wildman–Crippen MR) is 102 cm³/mol. The van der Waals surface area contributed by atoms with Gasteiger partial charge in [0.25, 0.3) is 0 Å². The van der Waals surface area contributed by atoms with Gasteiger partial charge in [-0.1, -0.05) is 38.1 Å². The molecule has 3 heteroatoms. The van der Waals surface area contributed by atoms with Crippen LogP contribution in [0.3, 0.4) is 0 Å². The molecule has 0 fully saturated rings. The highest BCUT2D eigenvalue weighted by Gasteiger charge is 2.18. The fourth-order valence-corrected chi connectivity index (χ4v) is 3.00. The summed E-state index contributed by atoms with van der Waals surface area (Å²) in [6.45, 7) is 6.06. The summed E-state index contributed by atoms with van der Waals surface area (Å²) in [6.07, 6.45) is 0. The second-order valence-electron chi connectivity index (χ2n) is 5.63. The number of fused-ring (bicyclic) bond motifs is 2. The maximum Gasteiger partial charge on any atom is 0.182 e. The van der Waals surface area contributed by atoms with E-state index in [1.165, 1.54) is 6.07 Å². The molecule has 1 aliphatic heterocycles. The second-order valence-corrected chi connectivity index (χ2v) is 5.63. The van der Waals surface area contributed by atoms with Crippen LogP contribution in [0.5, 0.6) is 5.75 Å². The van der Waals surface area contributed by atoms with Crippen LogP contribution in [0.15, 0.2) is 69.9 Å². The third kappa shape index (κ3) is 3.01. The molecule has 0 saturated heterocycles. The van der Waals surface area contributed by atoms with Crippen molar-refractivity contribution in [3.63, 3.8) is 0 Å². The fraction of sp³-hybridized carbons (Fsp3) is 0.136. The van der Waals surface area contributed by atoms with Gasteiger partial charge in [-0.05, 0) is 42.3 Å². The molecular weight excluding hydrogens is 312 g/mol. The largest absolute Gasteiger partial charge is 0.508 e. The number of hydrogen-bond acceptors (Lipinski definition) is 3. The molecule has 0 bridgehead atoms. The van der Waals surface area contributed by atoms with E-state index in [0.717, 1.165) is 27.6 Å². The minimum atomic E-state index is -0.100. The molecule has 0 amide bonds. The van der Waals surface area contributed by atoms with Gasteiger partial charge in [-0.15, -0.1) is 0 Å². The molecule has 3 nitrogen and oxygen atoms in total. The molecule has 1 aliphatic carbocycles. The van der Waals surface area contributed by atoms with E-state index < -0.39 is 0 Å². The van der Waals surface area contributed by atoms with Crippen molar-refractivity contribution in [1.82, 2.24) is 0 Å². The first-order chi connectivity index (χ1) is 12.1. The Morgan fingerprint density at radius 1 is 0.880 bits per heavy atom.